The van der Waals surface area contributed by atoms with Gasteiger partial charge in [0, 0.05) is 5.56 Å². The molecule has 1 aromatic carbocycles. The fourth-order valence-electron chi connectivity index (χ4n) is 1.89. The van der Waals surface area contributed by atoms with Crippen molar-refractivity contribution in [3.05, 3.63) is 45.6 Å². The van der Waals surface area contributed by atoms with E-state index in [1.807, 2.05) is 36.6 Å². The van der Waals surface area contributed by atoms with E-state index in [4.69, 9.17) is 9.47 Å². The van der Waals surface area contributed by atoms with Crippen LogP contribution in [0.25, 0.3) is 0 Å². The van der Waals surface area contributed by atoms with Gasteiger partial charge in [-0.25, -0.2) is 0 Å². The number of rotatable bonds is 4. The van der Waals surface area contributed by atoms with Crippen molar-refractivity contribution in [3.63, 3.8) is 0 Å². The van der Waals surface area contributed by atoms with Gasteiger partial charge >= 0.3 is 0 Å². The van der Waals surface area contributed by atoms with Crippen LogP contribution < -0.4 is 9.47 Å². The molecule has 0 spiro atoms. The van der Waals surface area contributed by atoms with Crippen molar-refractivity contribution >= 4 is 11.3 Å². The van der Waals surface area contributed by atoms with Crippen molar-refractivity contribution in [1.29, 1.82) is 0 Å². The van der Waals surface area contributed by atoms with Gasteiger partial charge in [0.05, 0.1) is 19.1 Å². The molecule has 0 aliphatic carbocycles. The second-order valence-corrected chi connectivity index (χ2v) is 4.95. The average Bonchev–Trinajstić information content (AvgIpc) is 2.86. The lowest BCUT2D eigenvalue weighted by atomic mass is 10.0. The highest BCUT2D eigenvalue weighted by molar-refractivity contribution is 7.10. The van der Waals surface area contributed by atoms with Crippen molar-refractivity contribution < 1.29 is 14.6 Å². The molecule has 0 saturated carbocycles. The van der Waals surface area contributed by atoms with E-state index in [-0.39, 0.29) is 0 Å². The van der Waals surface area contributed by atoms with Crippen LogP contribution >= 0.6 is 11.3 Å². The smallest absolute Gasteiger partial charge is 0.135 e. The molecule has 18 heavy (non-hydrogen) atoms. The van der Waals surface area contributed by atoms with E-state index in [0.29, 0.717) is 11.5 Å². The molecule has 1 heterocycles. The zero-order valence-electron chi connectivity index (χ0n) is 10.6. The van der Waals surface area contributed by atoms with Crippen LogP contribution in [0.15, 0.2) is 29.6 Å². The maximum atomic E-state index is 10.5. The largest absolute Gasteiger partial charge is 0.496 e. The fraction of sp³-hybridized carbons (Fsp3) is 0.286. The lowest BCUT2D eigenvalue weighted by molar-refractivity contribution is 0.213. The quantitative estimate of drug-likeness (QED) is 0.922. The van der Waals surface area contributed by atoms with Gasteiger partial charge in [0.25, 0.3) is 0 Å². The highest BCUT2D eigenvalue weighted by Gasteiger charge is 2.20. The molecule has 3 nitrogen and oxygen atoms in total. The summed E-state index contributed by atoms with van der Waals surface area (Å²) in [5.41, 5.74) is 1.85. The molecular weight excluding hydrogens is 248 g/mol. The van der Waals surface area contributed by atoms with Gasteiger partial charge in [-0.2, -0.15) is 0 Å². The number of methoxy groups -OCH3 is 2. The number of thiophene rings is 1. The third kappa shape index (κ3) is 2.35. The first-order valence-corrected chi connectivity index (χ1v) is 6.49. The Balaban J connectivity index is 2.45. The van der Waals surface area contributed by atoms with Crippen LogP contribution in [0.4, 0.5) is 0 Å². The van der Waals surface area contributed by atoms with Crippen molar-refractivity contribution in [2.45, 2.75) is 13.0 Å². The third-order valence-electron chi connectivity index (χ3n) is 2.81. The second-order valence-electron chi connectivity index (χ2n) is 4.00. The Labute approximate surface area is 111 Å². The van der Waals surface area contributed by atoms with Crippen molar-refractivity contribution in [3.8, 4) is 11.5 Å². The zero-order valence-corrected chi connectivity index (χ0v) is 11.5. The Kier molecular flexibility index (Phi) is 3.89. The van der Waals surface area contributed by atoms with E-state index in [9.17, 15) is 5.11 Å². The molecule has 0 bridgehead atoms. The van der Waals surface area contributed by atoms with Crippen molar-refractivity contribution in [1.82, 2.24) is 0 Å². The number of aliphatic hydroxyl groups excluding tert-OH is 1. The van der Waals surface area contributed by atoms with Crippen molar-refractivity contribution in [2.24, 2.45) is 0 Å². The van der Waals surface area contributed by atoms with Gasteiger partial charge in [0.2, 0.25) is 0 Å². The van der Waals surface area contributed by atoms with Gasteiger partial charge in [-0.15, -0.1) is 11.3 Å². The predicted molar refractivity (Wildman–Crippen MR) is 72.7 cm³/mol. The number of hydrogen-bond donors (Lipinski definition) is 1. The molecule has 0 radical (unpaired) electrons. The lowest BCUT2D eigenvalue weighted by Gasteiger charge is -2.15. The van der Waals surface area contributed by atoms with Crippen molar-refractivity contribution in [2.75, 3.05) is 14.2 Å². The third-order valence-corrected chi connectivity index (χ3v) is 3.76. The van der Waals surface area contributed by atoms with E-state index >= 15 is 0 Å². The summed E-state index contributed by atoms with van der Waals surface area (Å²) in [5, 5.41) is 12.4. The highest BCUT2D eigenvalue weighted by atomic mass is 32.1. The Morgan fingerprint density at radius 2 is 1.83 bits per heavy atom. The maximum Gasteiger partial charge on any atom is 0.135 e. The van der Waals surface area contributed by atoms with Crippen LogP contribution in [0.1, 0.15) is 22.1 Å². The van der Waals surface area contributed by atoms with Crippen LogP contribution in [-0.4, -0.2) is 19.3 Å². The topological polar surface area (TPSA) is 38.7 Å². The first-order valence-electron chi connectivity index (χ1n) is 5.61. The first-order chi connectivity index (χ1) is 8.67. The maximum absolute atomic E-state index is 10.5. The summed E-state index contributed by atoms with van der Waals surface area (Å²) in [5.74, 6) is 1.39. The summed E-state index contributed by atoms with van der Waals surface area (Å²) in [4.78, 5) is 0.793. The molecule has 96 valence electrons. The Hall–Kier alpha value is -1.52. The second kappa shape index (κ2) is 5.42. The molecule has 0 aliphatic rings. The first kappa shape index (κ1) is 12.9. The summed E-state index contributed by atoms with van der Waals surface area (Å²) in [6.07, 6.45) is -0.727. The van der Waals surface area contributed by atoms with Gasteiger partial charge < -0.3 is 14.6 Å². The summed E-state index contributed by atoms with van der Waals surface area (Å²) < 4.78 is 10.5. The molecule has 0 saturated heterocycles. The monoisotopic (exact) mass is 264 g/mol. The van der Waals surface area contributed by atoms with E-state index in [1.54, 1.807) is 14.2 Å². The molecule has 1 aromatic heterocycles. The number of aliphatic hydroxyl groups is 1. The fourth-order valence-corrected chi connectivity index (χ4v) is 2.75. The minimum absolute atomic E-state index is 0.684. The predicted octanol–water partition coefficient (Wildman–Crippen LogP) is 3.16. The van der Waals surface area contributed by atoms with Crippen LogP contribution in [0.2, 0.25) is 0 Å². The summed E-state index contributed by atoms with van der Waals surface area (Å²) in [6, 6.07) is 7.61. The van der Waals surface area contributed by atoms with Crippen LogP contribution in [-0.2, 0) is 0 Å². The van der Waals surface area contributed by atoms with Crippen LogP contribution in [0.3, 0.4) is 0 Å². The molecule has 2 rings (SSSR count). The number of benzene rings is 1. The Morgan fingerprint density at radius 1 is 1.11 bits per heavy atom. The molecule has 0 fully saturated rings. The van der Waals surface area contributed by atoms with Gasteiger partial charge in [0.1, 0.15) is 17.6 Å². The van der Waals surface area contributed by atoms with Gasteiger partial charge in [0.15, 0.2) is 0 Å². The molecule has 1 N–H and O–H groups in total. The van der Waals surface area contributed by atoms with E-state index < -0.39 is 6.10 Å². The average molecular weight is 264 g/mol. The van der Waals surface area contributed by atoms with E-state index in [0.717, 1.165) is 16.0 Å². The zero-order chi connectivity index (χ0) is 13.1. The number of hydrogen-bond acceptors (Lipinski definition) is 4. The SMILES string of the molecule is COc1ccc(C)cc1C(O)c1sccc1OC. The Morgan fingerprint density at radius 3 is 2.50 bits per heavy atom. The lowest BCUT2D eigenvalue weighted by Crippen LogP contribution is -2.02. The Bertz CT molecular complexity index is 534. The molecule has 0 amide bonds. The molecule has 0 aliphatic heterocycles. The normalized spacial score (nSPS) is 12.2. The van der Waals surface area contributed by atoms with E-state index in [1.165, 1.54) is 11.3 Å². The minimum Gasteiger partial charge on any atom is -0.496 e. The summed E-state index contributed by atoms with van der Waals surface area (Å²) >= 11 is 1.47. The molecule has 4 heteroatoms. The minimum atomic E-state index is -0.727. The van der Waals surface area contributed by atoms with Gasteiger partial charge in [-0.05, 0) is 30.5 Å². The van der Waals surface area contributed by atoms with Crippen LogP contribution in [0, 0.1) is 6.92 Å². The number of aryl methyl sites for hydroxylation is 1. The summed E-state index contributed by atoms with van der Waals surface area (Å²) in [6.45, 7) is 1.99. The summed E-state index contributed by atoms with van der Waals surface area (Å²) in [7, 11) is 3.21. The molecule has 1 atom stereocenters. The molecule has 2 aromatic rings. The van der Waals surface area contributed by atoms with E-state index in [2.05, 4.69) is 0 Å². The molecule has 1 unspecified atom stereocenters. The molecular formula is C14H16O3S. The highest BCUT2D eigenvalue weighted by Crippen LogP contribution is 2.38. The van der Waals surface area contributed by atoms with Gasteiger partial charge in [-0.3, -0.25) is 0 Å². The van der Waals surface area contributed by atoms with Crippen LogP contribution in [0.5, 0.6) is 11.5 Å². The standard InChI is InChI=1S/C14H16O3S/c1-9-4-5-11(16-2)10(8-9)13(15)14-12(17-3)6-7-18-14/h4-8,13,15H,1-3H3. The van der Waals surface area contributed by atoms with Gasteiger partial charge in [-0.1, -0.05) is 11.6 Å². The number of ether oxygens (including phenoxy) is 2.